The summed E-state index contributed by atoms with van der Waals surface area (Å²) in [6, 6.07) is 15.3. The molecule has 23 heavy (non-hydrogen) atoms. The van der Waals surface area contributed by atoms with Crippen molar-refractivity contribution in [1.82, 2.24) is 15.5 Å². The molecule has 1 aromatic heterocycles. The third kappa shape index (κ3) is 2.94. The fourth-order valence-corrected chi connectivity index (χ4v) is 2.49. The number of benzene rings is 2. The van der Waals surface area contributed by atoms with Gasteiger partial charge >= 0.3 is 0 Å². The van der Waals surface area contributed by atoms with E-state index in [0.717, 1.165) is 28.1 Å². The lowest BCUT2D eigenvalue weighted by atomic mass is 9.99. The molecule has 0 radical (unpaired) electrons. The largest absolute Gasteiger partial charge is 0.496 e. The van der Waals surface area contributed by atoms with Crippen molar-refractivity contribution in [2.75, 3.05) is 14.2 Å². The lowest BCUT2D eigenvalue weighted by Crippen LogP contribution is -2.17. The van der Waals surface area contributed by atoms with Crippen molar-refractivity contribution < 1.29 is 9.53 Å². The molecule has 3 rings (SSSR count). The van der Waals surface area contributed by atoms with Crippen LogP contribution in [-0.2, 0) is 0 Å². The van der Waals surface area contributed by atoms with E-state index < -0.39 is 0 Å². The zero-order chi connectivity index (χ0) is 16.2. The predicted molar refractivity (Wildman–Crippen MR) is 89.4 cm³/mol. The number of ether oxygens (including phenoxy) is 1. The van der Waals surface area contributed by atoms with Gasteiger partial charge in [0.2, 0.25) is 0 Å². The summed E-state index contributed by atoms with van der Waals surface area (Å²) < 4.78 is 5.45. The molecule has 0 bridgehead atoms. The summed E-state index contributed by atoms with van der Waals surface area (Å²) in [6.45, 7) is 0. The summed E-state index contributed by atoms with van der Waals surface area (Å²) in [4.78, 5) is 11.9. The second kappa shape index (κ2) is 6.36. The molecule has 0 aliphatic carbocycles. The van der Waals surface area contributed by atoms with Gasteiger partial charge in [0.1, 0.15) is 5.75 Å². The lowest BCUT2D eigenvalue weighted by Gasteiger charge is -2.11. The molecule has 5 heteroatoms. The first-order chi connectivity index (χ1) is 11.2. The summed E-state index contributed by atoms with van der Waals surface area (Å²) in [5, 5.41) is 9.57. The molecule has 1 amide bonds. The van der Waals surface area contributed by atoms with E-state index in [2.05, 4.69) is 15.5 Å². The lowest BCUT2D eigenvalue weighted by molar-refractivity contribution is 0.0963. The van der Waals surface area contributed by atoms with Crippen LogP contribution in [0.25, 0.3) is 22.4 Å². The van der Waals surface area contributed by atoms with Crippen molar-refractivity contribution in [3.8, 4) is 28.1 Å². The third-order valence-electron chi connectivity index (χ3n) is 3.67. The number of hydrogen-bond acceptors (Lipinski definition) is 3. The molecule has 0 atom stereocenters. The molecule has 5 nitrogen and oxygen atoms in total. The van der Waals surface area contributed by atoms with Gasteiger partial charge < -0.3 is 10.1 Å². The van der Waals surface area contributed by atoms with Gasteiger partial charge in [-0.15, -0.1) is 0 Å². The summed E-state index contributed by atoms with van der Waals surface area (Å²) in [7, 11) is 3.24. The minimum absolute atomic E-state index is 0.126. The highest BCUT2D eigenvalue weighted by Gasteiger charge is 2.11. The fraction of sp³-hybridized carbons (Fsp3) is 0.111. The molecule has 2 N–H and O–H groups in total. The molecule has 0 saturated heterocycles. The zero-order valence-corrected chi connectivity index (χ0v) is 13.0. The number of H-pyrrole nitrogens is 1. The molecule has 2 aromatic carbocycles. The van der Waals surface area contributed by atoms with Gasteiger partial charge in [0.05, 0.1) is 12.8 Å². The van der Waals surface area contributed by atoms with Crippen LogP contribution in [0.3, 0.4) is 0 Å². The Morgan fingerprint density at radius 3 is 2.65 bits per heavy atom. The van der Waals surface area contributed by atoms with Crippen molar-refractivity contribution in [2.24, 2.45) is 0 Å². The van der Waals surface area contributed by atoms with E-state index in [1.54, 1.807) is 26.4 Å². The quantitative estimate of drug-likeness (QED) is 0.778. The van der Waals surface area contributed by atoms with E-state index in [1.807, 2.05) is 42.5 Å². The molecule has 0 aliphatic rings. The van der Waals surface area contributed by atoms with Crippen molar-refractivity contribution in [3.05, 3.63) is 60.3 Å². The number of amides is 1. The number of rotatable bonds is 4. The van der Waals surface area contributed by atoms with Crippen molar-refractivity contribution in [2.45, 2.75) is 0 Å². The Kier molecular flexibility index (Phi) is 4.10. The Morgan fingerprint density at radius 1 is 1.13 bits per heavy atom. The van der Waals surface area contributed by atoms with Crippen LogP contribution in [0.1, 0.15) is 10.4 Å². The van der Waals surface area contributed by atoms with Crippen molar-refractivity contribution in [3.63, 3.8) is 0 Å². The topological polar surface area (TPSA) is 67.0 Å². The normalized spacial score (nSPS) is 10.3. The van der Waals surface area contributed by atoms with Gasteiger partial charge in [-0.1, -0.05) is 18.2 Å². The van der Waals surface area contributed by atoms with E-state index in [-0.39, 0.29) is 5.91 Å². The molecule has 0 spiro atoms. The van der Waals surface area contributed by atoms with E-state index in [0.29, 0.717) is 5.56 Å². The summed E-state index contributed by atoms with van der Waals surface area (Å²) >= 11 is 0. The fourth-order valence-electron chi connectivity index (χ4n) is 2.49. The molecule has 0 aliphatic heterocycles. The number of carbonyl (C=O) groups excluding carboxylic acids is 1. The molecule has 1 heterocycles. The minimum atomic E-state index is -0.126. The van der Waals surface area contributed by atoms with Gasteiger partial charge in [0.15, 0.2) is 0 Å². The highest BCUT2D eigenvalue weighted by atomic mass is 16.5. The first-order valence-corrected chi connectivity index (χ1v) is 7.23. The van der Waals surface area contributed by atoms with E-state index in [9.17, 15) is 4.79 Å². The van der Waals surface area contributed by atoms with E-state index in [4.69, 9.17) is 4.74 Å². The van der Waals surface area contributed by atoms with Crippen LogP contribution < -0.4 is 10.1 Å². The second-order valence-electron chi connectivity index (χ2n) is 5.05. The number of carbonyl (C=O) groups is 1. The number of nitrogens with zero attached hydrogens (tertiary/aromatic N) is 1. The Bertz CT molecular complexity index is 826. The average molecular weight is 307 g/mol. The standard InChI is InChI=1S/C18H17N3O2/c1-19-18(22)14-6-7-17(23-2)15(11-14)12-4-3-5-13(10-12)16-8-9-20-21-16/h3-11H,1-2H3,(H,19,22)(H,20,21). The van der Waals surface area contributed by atoms with E-state index in [1.165, 1.54) is 0 Å². The van der Waals surface area contributed by atoms with Gasteiger partial charge in [0, 0.05) is 29.9 Å². The minimum Gasteiger partial charge on any atom is -0.496 e. The molecule has 116 valence electrons. The number of methoxy groups -OCH3 is 1. The van der Waals surface area contributed by atoms with E-state index >= 15 is 0 Å². The maximum atomic E-state index is 11.9. The molecule has 3 aromatic rings. The second-order valence-corrected chi connectivity index (χ2v) is 5.05. The van der Waals surface area contributed by atoms with Gasteiger partial charge in [-0.3, -0.25) is 9.89 Å². The Morgan fingerprint density at radius 2 is 1.96 bits per heavy atom. The molecule has 0 unspecified atom stereocenters. The zero-order valence-electron chi connectivity index (χ0n) is 13.0. The summed E-state index contributed by atoms with van der Waals surface area (Å²) in [5.41, 5.74) is 4.39. The predicted octanol–water partition coefficient (Wildman–Crippen LogP) is 3.11. The van der Waals surface area contributed by atoms with Crippen LogP contribution >= 0.6 is 0 Å². The van der Waals surface area contributed by atoms with Crippen LogP contribution in [0.4, 0.5) is 0 Å². The highest BCUT2D eigenvalue weighted by Crippen LogP contribution is 2.33. The number of aromatic nitrogens is 2. The van der Waals surface area contributed by atoms with Gasteiger partial charge in [0.25, 0.3) is 5.91 Å². The van der Waals surface area contributed by atoms with Crippen molar-refractivity contribution in [1.29, 1.82) is 0 Å². The van der Waals surface area contributed by atoms with Gasteiger partial charge in [-0.25, -0.2) is 0 Å². The highest BCUT2D eigenvalue weighted by molar-refractivity contribution is 5.96. The van der Waals surface area contributed by atoms with Gasteiger partial charge in [-0.2, -0.15) is 5.10 Å². The summed E-state index contributed by atoms with van der Waals surface area (Å²) in [6.07, 6.45) is 1.72. The Hall–Kier alpha value is -3.08. The number of hydrogen-bond donors (Lipinski definition) is 2. The maximum absolute atomic E-state index is 11.9. The Labute approximate surface area is 134 Å². The maximum Gasteiger partial charge on any atom is 0.251 e. The third-order valence-corrected chi connectivity index (χ3v) is 3.67. The summed E-state index contributed by atoms with van der Waals surface area (Å²) in [5.74, 6) is 0.595. The monoisotopic (exact) mass is 307 g/mol. The first kappa shape index (κ1) is 14.8. The van der Waals surface area contributed by atoms with Crippen LogP contribution in [0.15, 0.2) is 54.7 Å². The van der Waals surface area contributed by atoms with Crippen LogP contribution in [0.5, 0.6) is 5.75 Å². The Balaban J connectivity index is 2.10. The SMILES string of the molecule is CNC(=O)c1ccc(OC)c(-c2cccc(-c3ccn[nH]3)c2)c1. The van der Waals surface area contributed by atoms with Crippen molar-refractivity contribution >= 4 is 5.91 Å². The first-order valence-electron chi connectivity index (χ1n) is 7.23. The molecule has 0 fully saturated rings. The van der Waals surface area contributed by atoms with Gasteiger partial charge in [-0.05, 0) is 35.9 Å². The number of nitrogens with one attached hydrogen (secondary N) is 2. The number of aromatic amines is 1. The molecular formula is C18H17N3O2. The average Bonchev–Trinajstić information content (AvgIpc) is 3.15. The van der Waals surface area contributed by atoms with Crippen LogP contribution in [0.2, 0.25) is 0 Å². The van der Waals surface area contributed by atoms with Crippen LogP contribution in [0, 0.1) is 0 Å². The smallest absolute Gasteiger partial charge is 0.251 e. The molecular weight excluding hydrogens is 290 g/mol. The van der Waals surface area contributed by atoms with Crippen LogP contribution in [-0.4, -0.2) is 30.3 Å². The molecule has 0 saturated carbocycles.